The third-order valence-corrected chi connectivity index (χ3v) is 8.56. The molecule has 37 heavy (non-hydrogen) atoms. The number of hydrogen-bond acceptors (Lipinski definition) is 5. The largest absolute Gasteiger partial charge is 0.352 e. The normalized spacial score (nSPS) is 23.3. The average molecular weight is 512 g/mol. The minimum atomic E-state index is -0.142. The number of carbonyl (C=O) groups excluding carboxylic acids is 2. The average Bonchev–Trinajstić information content (AvgIpc) is 3.08. The molecule has 0 radical (unpaired) electrons. The third kappa shape index (κ3) is 6.33. The maximum atomic E-state index is 13.1. The lowest BCUT2D eigenvalue weighted by Gasteiger charge is -2.43. The van der Waals surface area contributed by atoms with Gasteiger partial charge >= 0.3 is 5.69 Å². The van der Waals surface area contributed by atoms with Gasteiger partial charge in [-0.15, -0.1) is 0 Å². The lowest BCUT2D eigenvalue weighted by molar-refractivity contribution is -0.125. The van der Waals surface area contributed by atoms with E-state index in [1.165, 1.54) is 0 Å². The van der Waals surface area contributed by atoms with Crippen LogP contribution < -0.4 is 11.0 Å². The highest BCUT2D eigenvalue weighted by atomic mass is 16.2. The number of nitrogens with zero attached hydrogens (tertiary/aromatic N) is 3. The Balaban J connectivity index is 1.50. The van der Waals surface area contributed by atoms with Gasteiger partial charge in [0.25, 0.3) is 0 Å². The zero-order chi connectivity index (χ0) is 27.1. The fourth-order valence-electron chi connectivity index (χ4n) is 6.10. The Bertz CT molecular complexity index is 1210. The highest BCUT2D eigenvalue weighted by Gasteiger charge is 2.39. The van der Waals surface area contributed by atoms with Crippen LogP contribution in [-0.2, 0) is 23.1 Å². The van der Waals surface area contributed by atoms with Gasteiger partial charge in [-0.05, 0) is 81.0 Å². The number of likely N-dealkylation sites (tertiary alicyclic amines) is 1. The molecule has 0 bridgehead atoms. The molecule has 3 heterocycles. The van der Waals surface area contributed by atoms with Crippen LogP contribution in [0.3, 0.4) is 0 Å². The van der Waals surface area contributed by atoms with E-state index in [4.69, 9.17) is 4.98 Å². The number of piperidine rings is 1. The van der Waals surface area contributed by atoms with Crippen molar-refractivity contribution in [3.05, 3.63) is 27.8 Å². The molecule has 2 atom stereocenters. The second-order valence-electron chi connectivity index (χ2n) is 13.4. The van der Waals surface area contributed by atoms with E-state index in [9.17, 15) is 14.4 Å². The second kappa shape index (κ2) is 10.4. The molecule has 2 unspecified atom stereocenters. The van der Waals surface area contributed by atoms with Crippen molar-refractivity contribution in [3.63, 3.8) is 0 Å². The Morgan fingerprint density at radius 1 is 1.19 bits per heavy atom. The fraction of sp³-hybridized carbons (Fsp3) is 0.724. The highest BCUT2D eigenvalue weighted by molar-refractivity contribution is 5.79. The van der Waals surface area contributed by atoms with Crippen LogP contribution in [0.25, 0.3) is 11.2 Å². The second-order valence-corrected chi connectivity index (χ2v) is 13.4. The molecule has 1 saturated carbocycles. The summed E-state index contributed by atoms with van der Waals surface area (Å²) < 4.78 is 1.60. The van der Waals surface area contributed by atoms with E-state index in [0.29, 0.717) is 12.2 Å². The Kier molecular flexibility index (Phi) is 7.71. The van der Waals surface area contributed by atoms with E-state index >= 15 is 0 Å². The summed E-state index contributed by atoms with van der Waals surface area (Å²) >= 11 is 0. The number of fused-ring (bicyclic) bond motifs is 1. The number of imidazole rings is 1. The molecule has 204 valence electrons. The molecule has 4 rings (SSSR count). The topological polar surface area (TPSA) is 100 Å². The van der Waals surface area contributed by atoms with Gasteiger partial charge in [0.15, 0.2) is 5.65 Å². The van der Waals surface area contributed by atoms with Crippen molar-refractivity contribution in [2.24, 2.45) is 23.8 Å². The zero-order valence-electron chi connectivity index (χ0n) is 23.7. The van der Waals surface area contributed by atoms with E-state index in [1.807, 2.05) is 0 Å². The number of carbonyl (C=O) groups is 2. The van der Waals surface area contributed by atoms with Gasteiger partial charge in [-0.3, -0.25) is 19.1 Å². The molecule has 1 aliphatic heterocycles. The van der Waals surface area contributed by atoms with Gasteiger partial charge in [0.05, 0.1) is 12.1 Å². The van der Waals surface area contributed by atoms with Crippen LogP contribution in [-0.4, -0.2) is 56.8 Å². The first-order valence-electron chi connectivity index (χ1n) is 13.8. The van der Waals surface area contributed by atoms with Gasteiger partial charge in [0.1, 0.15) is 5.78 Å². The molecule has 1 saturated heterocycles. The van der Waals surface area contributed by atoms with Crippen molar-refractivity contribution >= 4 is 22.9 Å². The van der Waals surface area contributed by atoms with Crippen LogP contribution in [0.4, 0.5) is 0 Å². The van der Waals surface area contributed by atoms with Gasteiger partial charge in [0, 0.05) is 30.6 Å². The van der Waals surface area contributed by atoms with Crippen molar-refractivity contribution in [2.45, 2.75) is 92.0 Å². The van der Waals surface area contributed by atoms with Crippen LogP contribution in [0.15, 0.2) is 10.9 Å². The van der Waals surface area contributed by atoms with Crippen LogP contribution in [0.1, 0.15) is 90.8 Å². The summed E-state index contributed by atoms with van der Waals surface area (Å²) in [6.45, 7) is 14.7. The molecule has 1 amide bonds. The quantitative estimate of drug-likeness (QED) is 0.612. The summed E-state index contributed by atoms with van der Waals surface area (Å²) in [5, 5.41) is 3.36. The van der Waals surface area contributed by atoms with E-state index in [1.54, 1.807) is 18.5 Å². The van der Waals surface area contributed by atoms with Crippen molar-refractivity contribution in [3.8, 4) is 0 Å². The number of aromatic amines is 1. The number of hydrogen-bond donors (Lipinski definition) is 2. The first-order chi connectivity index (χ1) is 17.2. The van der Waals surface area contributed by atoms with Crippen molar-refractivity contribution < 1.29 is 9.59 Å². The minimum Gasteiger partial charge on any atom is -0.352 e. The molecule has 2 N–H and O–H groups in total. The molecule has 2 aromatic rings. The molecular formula is C29H45N5O3. The van der Waals surface area contributed by atoms with E-state index in [-0.39, 0.29) is 46.1 Å². The maximum Gasteiger partial charge on any atom is 0.327 e. The zero-order valence-corrected chi connectivity index (χ0v) is 23.7. The summed E-state index contributed by atoms with van der Waals surface area (Å²) in [5.74, 6) is 0.684. The molecule has 2 aromatic heterocycles. The number of Topliss-reactive ketones (excluding diaryl/α,β-unsaturated/α-hetero) is 1. The van der Waals surface area contributed by atoms with E-state index in [2.05, 4.69) is 55.9 Å². The summed E-state index contributed by atoms with van der Waals surface area (Å²) in [4.78, 5) is 47.3. The summed E-state index contributed by atoms with van der Waals surface area (Å²) in [6.07, 6.45) is 5.35. The SMILES string of the molecule is CC(=O)C1CCN(CC(=O)NC2CC(c3cc(CC(C)(C)C)c4[nH]c(=O)n(C)c4n3)CCC2(C)C)CC1. The molecule has 8 nitrogen and oxygen atoms in total. The number of pyridine rings is 1. The number of aromatic nitrogens is 3. The Morgan fingerprint density at radius 3 is 2.49 bits per heavy atom. The monoisotopic (exact) mass is 511 g/mol. The number of aryl methyl sites for hydroxylation is 1. The standard InChI is InChI=1S/C29H45N5O3/c1-18(35)19-9-12-34(13-10-19)17-24(36)31-23-15-20(8-11-29(23,5)6)22-14-21(16-28(2,3)4)25-26(30-22)33(7)27(37)32-25/h14,19-20,23H,8-13,15-17H2,1-7H3,(H,31,36)(H,32,37). The van der Waals surface area contributed by atoms with Crippen LogP contribution >= 0.6 is 0 Å². The minimum absolute atomic E-state index is 0.00688. The molecule has 0 aromatic carbocycles. The smallest absolute Gasteiger partial charge is 0.327 e. The first-order valence-corrected chi connectivity index (χ1v) is 13.8. The van der Waals surface area contributed by atoms with Crippen LogP contribution in [0, 0.1) is 16.7 Å². The van der Waals surface area contributed by atoms with Gasteiger partial charge < -0.3 is 10.3 Å². The predicted octanol–water partition coefficient (Wildman–Crippen LogP) is 3.93. The number of ketones is 1. The van der Waals surface area contributed by atoms with Crippen LogP contribution in [0.5, 0.6) is 0 Å². The van der Waals surface area contributed by atoms with Crippen molar-refractivity contribution in [2.75, 3.05) is 19.6 Å². The molecule has 0 spiro atoms. The Labute approximate surface area is 220 Å². The summed E-state index contributed by atoms with van der Waals surface area (Å²) in [6, 6.07) is 2.23. The van der Waals surface area contributed by atoms with E-state index in [0.717, 1.165) is 68.4 Å². The van der Waals surface area contributed by atoms with Crippen LogP contribution in [0.2, 0.25) is 0 Å². The number of H-pyrrole nitrogens is 1. The molecule has 8 heteroatoms. The van der Waals surface area contributed by atoms with E-state index < -0.39 is 0 Å². The maximum absolute atomic E-state index is 13.1. The molecule has 2 aliphatic rings. The number of nitrogens with one attached hydrogen (secondary N) is 2. The molecular weight excluding hydrogens is 466 g/mol. The Hall–Kier alpha value is -2.48. The summed E-state index contributed by atoms with van der Waals surface area (Å²) in [5.41, 5.74) is 3.61. The van der Waals surface area contributed by atoms with Crippen molar-refractivity contribution in [1.82, 2.24) is 24.8 Å². The lowest BCUT2D eigenvalue weighted by Crippen LogP contribution is -2.51. The predicted molar refractivity (Wildman–Crippen MR) is 147 cm³/mol. The van der Waals surface area contributed by atoms with Gasteiger partial charge in [-0.1, -0.05) is 34.6 Å². The highest BCUT2D eigenvalue weighted by Crippen LogP contribution is 2.43. The first kappa shape index (κ1) is 27.6. The number of amides is 1. The van der Waals surface area contributed by atoms with Gasteiger partial charge in [0.2, 0.25) is 5.91 Å². The molecule has 2 fully saturated rings. The number of rotatable bonds is 6. The third-order valence-electron chi connectivity index (χ3n) is 8.56. The van der Waals surface area contributed by atoms with Gasteiger partial charge in [-0.2, -0.15) is 0 Å². The van der Waals surface area contributed by atoms with Crippen molar-refractivity contribution in [1.29, 1.82) is 0 Å². The summed E-state index contributed by atoms with van der Waals surface area (Å²) in [7, 11) is 1.77. The lowest BCUT2D eigenvalue weighted by atomic mass is 9.68. The van der Waals surface area contributed by atoms with Gasteiger partial charge in [-0.25, -0.2) is 9.78 Å². The molecule has 1 aliphatic carbocycles. The Morgan fingerprint density at radius 2 is 1.86 bits per heavy atom. The fourth-order valence-corrected chi connectivity index (χ4v) is 6.10.